The normalized spacial score (nSPS) is 16.8. The maximum Gasteiger partial charge on any atom is 0.255 e. The molecule has 0 saturated carbocycles. The average Bonchev–Trinajstić information content (AvgIpc) is 2.60. The molecule has 0 spiro atoms. The van der Waals surface area contributed by atoms with Gasteiger partial charge in [0.25, 0.3) is 5.88 Å². The average molecular weight is 379 g/mol. The van der Waals surface area contributed by atoms with E-state index in [1.54, 1.807) is 6.07 Å². The molecule has 1 atom stereocenters. The van der Waals surface area contributed by atoms with Crippen molar-refractivity contribution in [1.82, 2.24) is 9.97 Å². The Morgan fingerprint density at radius 3 is 2.73 bits per heavy atom. The molecule has 0 unspecified atom stereocenters. The van der Waals surface area contributed by atoms with Crippen LogP contribution in [-0.4, -0.2) is 31.2 Å². The van der Waals surface area contributed by atoms with Gasteiger partial charge in [0.2, 0.25) is 5.82 Å². The zero-order chi connectivity index (χ0) is 18.9. The molecule has 6 nitrogen and oxygen atoms in total. The molecule has 0 amide bonds. The fourth-order valence-corrected chi connectivity index (χ4v) is 4.83. The smallest absolute Gasteiger partial charge is 0.255 e. The molecule has 0 bridgehead atoms. The van der Waals surface area contributed by atoms with Crippen LogP contribution in [0.4, 0.5) is 10.2 Å². The molecule has 2 aromatic rings. The third kappa shape index (κ3) is 3.51. The molecule has 1 aliphatic rings. The summed E-state index contributed by atoms with van der Waals surface area (Å²) in [5.41, 5.74) is 1.62. The second-order valence-electron chi connectivity index (χ2n) is 6.70. The number of benzene rings is 1. The maximum atomic E-state index is 14.4. The van der Waals surface area contributed by atoms with Crippen molar-refractivity contribution in [3.63, 3.8) is 0 Å². The zero-order valence-electron chi connectivity index (χ0n) is 15.0. The minimum absolute atomic E-state index is 0.0242. The number of aryl methyl sites for hydroxylation is 1. The number of fused-ring (bicyclic) bond motifs is 1. The Balaban J connectivity index is 2.00. The molecule has 3 rings (SSSR count). The van der Waals surface area contributed by atoms with Gasteiger partial charge in [0.1, 0.15) is 6.33 Å². The van der Waals surface area contributed by atoms with Gasteiger partial charge < -0.3 is 10.1 Å². The molecular formula is C18H22FN3O3S. The summed E-state index contributed by atoms with van der Waals surface area (Å²) in [5, 5.41) is 3.07. The van der Waals surface area contributed by atoms with Gasteiger partial charge in [-0.3, -0.25) is 0 Å². The fraction of sp³-hybridized carbons (Fsp3) is 0.444. The predicted molar refractivity (Wildman–Crippen MR) is 96.6 cm³/mol. The quantitative estimate of drug-likeness (QED) is 0.859. The van der Waals surface area contributed by atoms with Gasteiger partial charge in [0.05, 0.1) is 23.8 Å². The zero-order valence-corrected chi connectivity index (χ0v) is 15.8. The number of hydrogen-bond donors (Lipinski definition) is 1. The van der Waals surface area contributed by atoms with Gasteiger partial charge >= 0.3 is 0 Å². The van der Waals surface area contributed by atoms with Crippen molar-refractivity contribution in [3.05, 3.63) is 41.5 Å². The third-order valence-corrected chi connectivity index (χ3v) is 6.43. The Hall–Kier alpha value is -2.22. The Kier molecular flexibility index (Phi) is 5.13. The third-order valence-electron chi connectivity index (χ3n) is 4.55. The van der Waals surface area contributed by atoms with Gasteiger partial charge in [-0.05, 0) is 36.0 Å². The predicted octanol–water partition coefficient (Wildman–Crippen LogP) is 3.15. The van der Waals surface area contributed by atoms with Crippen LogP contribution in [0.15, 0.2) is 29.4 Å². The van der Waals surface area contributed by atoms with Gasteiger partial charge in [0, 0.05) is 0 Å². The number of hydrogen-bond acceptors (Lipinski definition) is 6. The van der Waals surface area contributed by atoms with Crippen LogP contribution in [0.3, 0.4) is 0 Å². The van der Waals surface area contributed by atoms with E-state index >= 15 is 0 Å². The first-order valence-electron chi connectivity index (χ1n) is 8.50. The minimum Gasteiger partial charge on any atom is -0.479 e. The van der Waals surface area contributed by atoms with Crippen LogP contribution in [0.2, 0.25) is 0 Å². The number of aromatic nitrogens is 2. The highest BCUT2D eigenvalue weighted by Crippen LogP contribution is 2.33. The molecule has 2 heterocycles. The Morgan fingerprint density at radius 2 is 2.04 bits per heavy atom. The number of nitrogens with zero attached hydrogens (tertiary/aromatic N) is 2. The van der Waals surface area contributed by atoms with Gasteiger partial charge in [-0.2, -0.15) is 9.37 Å². The summed E-state index contributed by atoms with van der Waals surface area (Å²) < 4.78 is 44.1. The van der Waals surface area contributed by atoms with Crippen molar-refractivity contribution in [1.29, 1.82) is 0 Å². The highest BCUT2D eigenvalue weighted by molar-refractivity contribution is 7.91. The van der Waals surface area contributed by atoms with Gasteiger partial charge in [-0.15, -0.1) is 0 Å². The van der Waals surface area contributed by atoms with E-state index in [9.17, 15) is 12.8 Å². The van der Waals surface area contributed by atoms with E-state index in [1.165, 1.54) is 13.4 Å². The summed E-state index contributed by atoms with van der Waals surface area (Å²) in [5.74, 6) is -0.555. The molecule has 0 radical (unpaired) electrons. The molecule has 8 heteroatoms. The van der Waals surface area contributed by atoms with Crippen LogP contribution in [-0.2, 0) is 16.3 Å². The van der Waals surface area contributed by atoms with E-state index in [1.807, 2.05) is 26.0 Å². The first-order valence-corrected chi connectivity index (χ1v) is 10.2. The van der Waals surface area contributed by atoms with Crippen LogP contribution in [0.1, 0.15) is 37.4 Å². The molecule has 0 fully saturated rings. The summed E-state index contributed by atoms with van der Waals surface area (Å²) in [4.78, 5) is 8.07. The summed E-state index contributed by atoms with van der Waals surface area (Å²) in [6.07, 6.45) is 2.62. The number of sulfone groups is 1. The first-order chi connectivity index (χ1) is 12.3. The number of halogens is 1. The molecule has 1 N–H and O–H groups in total. The fourth-order valence-electron chi connectivity index (χ4n) is 3.20. The maximum absolute atomic E-state index is 14.4. The van der Waals surface area contributed by atoms with E-state index in [0.717, 1.165) is 17.5 Å². The monoisotopic (exact) mass is 379 g/mol. The van der Waals surface area contributed by atoms with Crippen molar-refractivity contribution in [2.45, 2.75) is 37.6 Å². The highest BCUT2D eigenvalue weighted by Gasteiger charge is 2.26. The number of rotatable bonds is 5. The standard InChI is InChI=1S/C18H22FN3O3S/c1-11(2)16(22-17-15(19)18(25-3)21-10-20-17)13-7-6-12-5-4-8-26(23,24)14(12)9-13/h6-7,9-11,16H,4-5,8H2,1-3H3,(H,20,21,22)/t16-/m0/s1. The lowest BCUT2D eigenvalue weighted by Gasteiger charge is -2.26. The lowest BCUT2D eigenvalue weighted by molar-refractivity contribution is 0.367. The van der Waals surface area contributed by atoms with Crippen molar-refractivity contribution in [2.75, 3.05) is 18.2 Å². The molecule has 26 heavy (non-hydrogen) atoms. The molecule has 140 valence electrons. The van der Waals surface area contributed by atoms with Crippen molar-refractivity contribution in [3.8, 4) is 5.88 Å². The van der Waals surface area contributed by atoms with E-state index in [-0.39, 0.29) is 29.4 Å². The van der Waals surface area contributed by atoms with Gasteiger partial charge in [-0.25, -0.2) is 13.4 Å². The van der Waals surface area contributed by atoms with Crippen LogP contribution < -0.4 is 10.1 Å². The summed E-state index contributed by atoms with van der Waals surface area (Å²) in [6.45, 7) is 3.95. The number of methoxy groups -OCH3 is 1. The van der Waals surface area contributed by atoms with Crippen molar-refractivity contribution < 1.29 is 17.5 Å². The second kappa shape index (κ2) is 7.19. The number of ether oxygens (including phenoxy) is 1. The largest absolute Gasteiger partial charge is 0.479 e. The molecule has 0 saturated heterocycles. The summed E-state index contributed by atoms with van der Waals surface area (Å²) in [7, 11) is -1.93. The number of anilines is 1. The van der Waals surface area contributed by atoms with E-state index in [4.69, 9.17) is 4.74 Å². The molecule has 0 aliphatic carbocycles. The summed E-state index contributed by atoms with van der Waals surface area (Å²) in [6, 6.07) is 5.15. The van der Waals surface area contributed by atoms with Crippen LogP contribution in [0.5, 0.6) is 5.88 Å². The topological polar surface area (TPSA) is 81.2 Å². The van der Waals surface area contributed by atoms with Gasteiger partial charge in [-0.1, -0.05) is 26.0 Å². The summed E-state index contributed by atoms with van der Waals surface area (Å²) >= 11 is 0. The van der Waals surface area contributed by atoms with Gasteiger partial charge in [0.15, 0.2) is 15.7 Å². The lowest BCUT2D eigenvalue weighted by atomic mass is 9.94. The van der Waals surface area contributed by atoms with Crippen molar-refractivity contribution >= 4 is 15.7 Å². The van der Waals surface area contributed by atoms with Crippen molar-refractivity contribution in [2.24, 2.45) is 5.92 Å². The second-order valence-corrected chi connectivity index (χ2v) is 8.78. The minimum atomic E-state index is -3.26. The highest BCUT2D eigenvalue weighted by atomic mass is 32.2. The van der Waals surface area contributed by atoms with Crippen LogP contribution in [0.25, 0.3) is 0 Å². The first kappa shape index (κ1) is 18.6. The molecule has 1 aromatic heterocycles. The van der Waals surface area contributed by atoms with E-state index in [2.05, 4.69) is 15.3 Å². The lowest BCUT2D eigenvalue weighted by Crippen LogP contribution is -2.21. The molecule has 1 aromatic carbocycles. The Morgan fingerprint density at radius 1 is 1.27 bits per heavy atom. The van der Waals surface area contributed by atoms with E-state index < -0.39 is 15.7 Å². The molecular weight excluding hydrogens is 357 g/mol. The number of nitrogens with one attached hydrogen (secondary N) is 1. The van der Waals surface area contributed by atoms with E-state index in [0.29, 0.717) is 11.3 Å². The van der Waals surface area contributed by atoms with Crippen LogP contribution in [0, 0.1) is 11.7 Å². The Bertz CT molecular complexity index is 916. The van der Waals surface area contributed by atoms with Crippen LogP contribution >= 0.6 is 0 Å². The Labute approximate surface area is 152 Å². The molecule has 1 aliphatic heterocycles. The SMILES string of the molecule is COc1ncnc(N[C@H](c2ccc3c(c2)S(=O)(=O)CCC3)C(C)C)c1F.